The molecule has 2 heterocycles. The Balaban J connectivity index is 1.20. The smallest absolute Gasteiger partial charge is 0.258 e. The molecule has 0 spiro atoms. The molecule has 1 N–H and O–H groups in total. The molecule has 1 unspecified atom stereocenters. The van der Waals surface area contributed by atoms with Crippen LogP contribution in [-0.4, -0.2) is 35.7 Å². The molecular formula is C27H25N3O3. The number of hydrogen-bond acceptors (Lipinski definition) is 3. The van der Waals surface area contributed by atoms with Gasteiger partial charge in [0.25, 0.3) is 5.91 Å². The van der Waals surface area contributed by atoms with Crippen LogP contribution in [0.2, 0.25) is 0 Å². The first-order chi connectivity index (χ1) is 16.1. The molecule has 2 aliphatic heterocycles. The molecule has 3 aromatic rings. The molecule has 3 aromatic carbocycles. The summed E-state index contributed by atoms with van der Waals surface area (Å²) in [4.78, 5) is 41.6. The minimum absolute atomic E-state index is 0.00848. The lowest BCUT2D eigenvalue weighted by atomic mass is 10.1. The van der Waals surface area contributed by atoms with Crippen LogP contribution in [0.5, 0.6) is 0 Å². The van der Waals surface area contributed by atoms with Gasteiger partial charge in [-0.05, 0) is 47.9 Å². The summed E-state index contributed by atoms with van der Waals surface area (Å²) in [6, 6.07) is 24.7. The highest BCUT2D eigenvalue weighted by Gasteiger charge is 2.34. The van der Waals surface area contributed by atoms with E-state index in [1.807, 2.05) is 48.5 Å². The summed E-state index contributed by atoms with van der Waals surface area (Å²) in [6.45, 7) is 1.59. The monoisotopic (exact) mass is 439 g/mol. The van der Waals surface area contributed by atoms with Crippen molar-refractivity contribution in [3.05, 3.63) is 95.6 Å². The first kappa shape index (κ1) is 20.9. The summed E-state index contributed by atoms with van der Waals surface area (Å²) in [5, 5.41) is 2.90. The third kappa shape index (κ3) is 4.37. The van der Waals surface area contributed by atoms with Crippen molar-refractivity contribution in [1.82, 2.24) is 4.90 Å². The van der Waals surface area contributed by atoms with Crippen LogP contribution in [0.1, 0.15) is 27.9 Å². The number of hydrogen-bond donors (Lipinski definition) is 1. The van der Waals surface area contributed by atoms with Crippen LogP contribution in [0, 0.1) is 5.92 Å². The fourth-order valence-electron chi connectivity index (χ4n) is 4.55. The molecule has 2 aliphatic rings. The van der Waals surface area contributed by atoms with Crippen molar-refractivity contribution in [2.75, 3.05) is 23.3 Å². The SMILES string of the molecule is O=C(Nc1ccc(C(=O)N2CCc3ccccc32)cc1)C1CC(=O)N(Cc2ccccc2)C1. The van der Waals surface area contributed by atoms with Gasteiger partial charge in [-0.2, -0.15) is 0 Å². The summed E-state index contributed by atoms with van der Waals surface area (Å²) < 4.78 is 0. The van der Waals surface area contributed by atoms with Crippen LogP contribution in [0.25, 0.3) is 0 Å². The first-order valence-electron chi connectivity index (χ1n) is 11.2. The van der Waals surface area contributed by atoms with Crippen LogP contribution >= 0.6 is 0 Å². The molecule has 166 valence electrons. The van der Waals surface area contributed by atoms with E-state index < -0.39 is 0 Å². The van der Waals surface area contributed by atoms with Crippen molar-refractivity contribution in [2.45, 2.75) is 19.4 Å². The van der Waals surface area contributed by atoms with Crippen LogP contribution in [0.4, 0.5) is 11.4 Å². The van der Waals surface area contributed by atoms with Gasteiger partial charge in [-0.25, -0.2) is 0 Å². The molecule has 6 heteroatoms. The summed E-state index contributed by atoms with van der Waals surface area (Å²) >= 11 is 0. The second-order valence-electron chi connectivity index (χ2n) is 8.56. The van der Waals surface area contributed by atoms with Gasteiger partial charge in [0.1, 0.15) is 0 Å². The molecule has 6 nitrogen and oxygen atoms in total. The number of carbonyl (C=O) groups excluding carboxylic acids is 3. The lowest BCUT2D eigenvalue weighted by Crippen LogP contribution is -2.29. The predicted molar refractivity (Wildman–Crippen MR) is 127 cm³/mol. The number of amides is 3. The number of anilines is 2. The maximum Gasteiger partial charge on any atom is 0.258 e. The van der Waals surface area contributed by atoms with E-state index in [-0.39, 0.29) is 30.1 Å². The number of nitrogens with one attached hydrogen (secondary N) is 1. The zero-order chi connectivity index (χ0) is 22.8. The summed E-state index contributed by atoms with van der Waals surface area (Å²) in [5.41, 5.74) is 4.39. The summed E-state index contributed by atoms with van der Waals surface area (Å²) in [6.07, 6.45) is 1.07. The van der Waals surface area contributed by atoms with Gasteiger partial charge in [-0.15, -0.1) is 0 Å². The molecule has 0 aromatic heterocycles. The number of para-hydroxylation sites is 1. The van der Waals surface area contributed by atoms with Crippen LogP contribution in [-0.2, 0) is 22.6 Å². The Morgan fingerprint density at radius 2 is 1.64 bits per heavy atom. The van der Waals surface area contributed by atoms with Gasteiger partial charge in [0.05, 0.1) is 5.92 Å². The van der Waals surface area contributed by atoms with Crippen LogP contribution in [0.3, 0.4) is 0 Å². The topological polar surface area (TPSA) is 69.7 Å². The lowest BCUT2D eigenvalue weighted by Gasteiger charge is -2.18. The quantitative estimate of drug-likeness (QED) is 0.656. The van der Waals surface area contributed by atoms with Gasteiger partial charge in [0.2, 0.25) is 11.8 Å². The first-order valence-corrected chi connectivity index (χ1v) is 11.2. The summed E-state index contributed by atoms with van der Waals surface area (Å²) in [5.74, 6) is -0.614. The second kappa shape index (κ2) is 8.90. The van der Waals surface area contributed by atoms with E-state index in [1.54, 1.807) is 34.1 Å². The average Bonchev–Trinajstić information content (AvgIpc) is 3.43. The third-order valence-electron chi connectivity index (χ3n) is 6.33. The summed E-state index contributed by atoms with van der Waals surface area (Å²) in [7, 11) is 0. The molecule has 0 aliphatic carbocycles. The van der Waals surface area contributed by atoms with Crippen LogP contribution < -0.4 is 10.2 Å². The zero-order valence-electron chi connectivity index (χ0n) is 18.2. The maximum absolute atomic E-state index is 13.0. The highest BCUT2D eigenvalue weighted by Crippen LogP contribution is 2.29. The van der Waals surface area contributed by atoms with Crippen molar-refractivity contribution in [1.29, 1.82) is 0 Å². The van der Waals surface area contributed by atoms with Gasteiger partial charge in [0.15, 0.2) is 0 Å². The average molecular weight is 440 g/mol. The zero-order valence-corrected chi connectivity index (χ0v) is 18.2. The molecule has 33 heavy (non-hydrogen) atoms. The number of benzene rings is 3. The third-order valence-corrected chi connectivity index (χ3v) is 6.33. The molecule has 1 fully saturated rings. The number of carbonyl (C=O) groups is 3. The number of nitrogens with zero attached hydrogens (tertiary/aromatic N) is 2. The lowest BCUT2D eigenvalue weighted by molar-refractivity contribution is -0.128. The van der Waals surface area contributed by atoms with E-state index in [0.29, 0.717) is 30.9 Å². The number of likely N-dealkylation sites (tertiary alicyclic amines) is 1. The van der Waals surface area contributed by atoms with Crippen molar-refractivity contribution in [3.8, 4) is 0 Å². The Labute approximate surface area is 192 Å². The van der Waals surface area contributed by atoms with Crippen LogP contribution in [0.15, 0.2) is 78.9 Å². The minimum Gasteiger partial charge on any atom is -0.338 e. The fourth-order valence-corrected chi connectivity index (χ4v) is 4.55. The maximum atomic E-state index is 13.0. The van der Waals surface area contributed by atoms with Gasteiger partial charge in [-0.3, -0.25) is 14.4 Å². The Kier molecular flexibility index (Phi) is 5.65. The minimum atomic E-state index is -0.386. The van der Waals surface area contributed by atoms with Gasteiger partial charge in [-0.1, -0.05) is 48.5 Å². The van der Waals surface area contributed by atoms with Gasteiger partial charge in [0, 0.05) is 43.0 Å². The fraction of sp³-hybridized carbons (Fsp3) is 0.222. The molecule has 1 saturated heterocycles. The molecule has 5 rings (SSSR count). The van der Waals surface area contributed by atoms with E-state index in [4.69, 9.17) is 0 Å². The van der Waals surface area contributed by atoms with E-state index in [1.165, 1.54) is 5.56 Å². The Morgan fingerprint density at radius 3 is 2.42 bits per heavy atom. The Morgan fingerprint density at radius 1 is 0.909 bits per heavy atom. The van der Waals surface area contributed by atoms with Gasteiger partial charge < -0.3 is 15.1 Å². The highest BCUT2D eigenvalue weighted by molar-refractivity contribution is 6.07. The highest BCUT2D eigenvalue weighted by atomic mass is 16.2. The molecule has 3 amide bonds. The van der Waals surface area contributed by atoms with E-state index in [0.717, 1.165) is 17.7 Å². The van der Waals surface area contributed by atoms with Crippen molar-refractivity contribution < 1.29 is 14.4 Å². The van der Waals surface area contributed by atoms with E-state index in [2.05, 4.69) is 11.4 Å². The number of fused-ring (bicyclic) bond motifs is 1. The second-order valence-corrected chi connectivity index (χ2v) is 8.56. The predicted octanol–water partition coefficient (Wildman–Crippen LogP) is 3.88. The van der Waals surface area contributed by atoms with Crippen molar-refractivity contribution in [3.63, 3.8) is 0 Å². The molecular weight excluding hydrogens is 414 g/mol. The Hall–Kier alpha value is -3.93. The molecule has 0 bridgehead atoms. The van der Waals surface area contributed by atoms with Crippen molar-refractivity contribution in [2.24, 2.45) is 5.92 Å². The standard InChI is InChI=1S/C27H25N3O3/c31-25-16-22(18-29(25)17-19-6-2-1-3-7-19)26(32)28-23-12-10-21(11-13-23)27(33)30-15-14-20-8-4-5-9-24(20)30/h1-13,22H,14-18H2,(H,28,32). The Bertz CT molecular complexity index is 1190. The van der Waals surface area contributed by atoms with E-state index in [9.17, 15) is 14.4 Å². The normalized spacial score (nSPS) is 17.2. The van der Waals surface area contributed by atoms with Crippen molar-refractivity contribution >= 4 is 29.1 Å². The largest absolute Gasteiger partial charge is 0.338 e. The number of rotatable bonds is 5. The van der Waals surface area contributed by atoms with Gasteiger partial charge >= 0.3 is 0 Å². The molecule has 0 saturated carbocycles. The van der Waals surface area contributed by atoms with E-state index >= 15 is 0 Å². The molecule has 0 radical (unpaired) electrons. The molecule has 1 atom stereocenters.